The molecule has 0 spiro atoms. The van der Waals surface area contributed by atoms with Crippen molar-refractivity contribution >= 4 is 11.5 Å². The van der Waals surface area contributed by atoms with Gasteiger partial charge < -0.3 is 9.52 Å². The van der Waals surface area contributed by atoms with Crippen LogP contribution in [0.4, 0.5) is 4.39 Å². The largest absolute Gasteiger partial charge is 0.504 e. The maximum Gasteiger partial charge on any atom is 0.225 e. The van der Waals surface area contributed by atoms with Crippen molar-refractivity contribution in [3.05, 3.63) is 77.0 Å². The van der Waals surface area contributed by atoms with E-state index >= 15 is 0 Å². The number of aromatic nitrogens is 3. The van der Waals surface area contributed by atoms with E-state index in [2.05, 4.69) is 15.2 Å². The van der Waals surface area contributed by atoms with Crippen molar-refractivity contribution < 1.29 is 18.7 Å². The topological polar surface area (TPSA) is 92.0 Å². The predicted octanol–water partition coefficient (Wildman–Crippen LogP) is 3.22. The number of benzene rings is 1. The summed E-state index contributed by atoms with van der Waals surface area (Å²) in [5.74, 6) is -0.300. The third kappa shape index (κ3) is 3.40. The minimum absolute atomic E-state index is 0.0964. The zero-order valence-electron chi connectivity index (χ0n) is 12.8. The Morgan fingerprint density at radius 3 is 2.79 bits per heavy atom. The number of aliphatic hydroxyl groups excluding tert-OH is 1. The summed E-state index contributed by atoms with van der Waals surface area (Å²) in [5, 5.41) is 15.9. The molecule has 2 heterocycles. The zero-order chi connectivity index (χ0) is 17.1. The van der Waals surface area contributed by atoms with Crippen LogP contribution in [0.1, 0.15) is 33.3 Å². The van der Waals surface area contributed by atoms with E-state index in [0.29, 0.717) is 17.7 Å². The van der Waals surface area contributed by atoms with Gasteiger partial charge in [0.1, 0.15) is 17.9 Å². The van der Waals surface area contributed by atoms with Gasteiger partial charge in [-0.25, -0.2) is 9.37 Å². The van der Waals surface area contributed by atoms with E-state index in [-0.39, 0.29) is 23.2 Å². The smallest absolute Gasteiger partial charge is 0.225 e. The molecule has 0 amide bonds. The van der Waals surface area contributed by atoms with Gasteiger partial charge in [-0.1, -0.05) is 12.1 Å². The SMILES string of the molecule is Cc1cc(Cc2ccc(F)cc2)oc1C(=O)C=C(O)c1ncn[nH]1. The molecular formula is C17H14FN3O3. The van der Waals surface area contributed by atoms with Crippen LogP contribution in [0, 0.1) is 12.7 Å². The van der Waals surface area contributed by atoms with Gasteiger partial charge >= 0.3 is 0 Å². The van der Waals surface area contributed by atoms with E-state index in [0.717, 1.165) is 11.6 Å². The Morgan fingerprint density at radius 2 is 2.12 bits per heavy atom. The average Bonchev–Trinajstić information content (AvgIpc) is 3.19. The monoisotopic (exact) mass is 327 g/mol. The van der Waals surface area contributed by atoms with Crippen molar-refractivity contribution in [1.29, 1.82) is 0 Å². The third-order valence-electron chi connectivity index (χ3n) is 3.41. The number of rotatable bonds is 5. The van der Waals surface area contributed by atoms with Crippen molar-refractivity contribution in [3.63, 3.8) is 0 Å². The van der Waals surface area contributed by atoms with Crippen molar-refractivity contribution in [2.45, 2.75) is 13.3 Å². The summed E-state index contributed by atoms with van der Waals surface area (Å²) in [5.41, 5.74) is 1.52. The van der Waals surface area contributed by atoms with Crippen LogP contribution in [0.15, 0.2) is 47.2 Å². The van der Waals surface area contributed by atoms with E-state index in [1.807, 2.05) is 0 Å². The highest BCUT2D eigenvalue weighted by Crippen LogP contribution is 2.20. The molecule has 0 saturated heterocycles. The first-order valence-electron chi connectivity index (χ1n) is 7.17. The first-order chi connectivity index (χ1) is 11.5. The molecule has 0 unspecified atom stereocenters. The van der Waals surface area contributed by atoms with E-state index in [9.17, 15) is 14.3 Å². The number of aromatic amines is 1. The number of hydrogen-bond donors (Lipinski definition) is 2. The zero-order valence-corrected chi connectivity index (χ0v) is 12.8. The Balaban J connectivity index is 1.79. The number of allylic oxidation sites excluding steroid dienone is 1. The fourth-order valence-corrected chi connectivity index (χ4v) is 2.27. The van der Waals surface area contributed by atoms with Crippen LogP contribution in [-0.2, 0) is 6.42 Å². The molecule has 3 rings (SSSR count). The molecule has 3 aromatic rings. The summed E-state index contributed by atoms with van der Waals surface area (Å²) in [7, 11) is 0. The fraction of sp³-hybridized carbons (Fsp3) is 0.118. The lowest BCUT2D eigenvalue weighted by atomic mass is 10.1. The molecule has 0 bridgehead atoms. The van der Waals surface area contributed by atoms with Gasteiger partial charge in [-0.2, -0.15) is 5.10 Å². The molecule has 0 aliphatic heterocycles. The summed E-state index contributed by atoms with van der Waals surface area (Å²) < 4.78 is 18.5. The van der Waals surface area contributed by atoms with Crippen LogP contribution in [0.25, 0.3) is 5.76 Å². The Labute approximate surface area is 136 Å². The number of furan rings is 1. The van der Waals surface area contributed by atoms with Crippen LogP contribution in [0.3, 0.4) is 0 Å². The Kier molecular flexibility index (Phi) is 4.24. The van der Waals surface area contributed by atoms with Gasteiger partial charge in [0.2, 0.25) is 5.78 Å². The predicted molar refractivity (Wildman–Crippen MR) is 84.0 cm³/mol. The number of halogens is 1. The number of aryl methyl sites for hydroxylation is 1. The van der Waals surface area contributed by atoms with Gasteiger partial charge in [0.25, 0.3) is 0 Å². The molecule has 24 heavy (non-hydrogen) atoms. The molecule has 2 aromatic heterocycles. The molecule has 0 saturated carbocycles. The van der Waals surface area contributed by atoms with Gasteiger partial charge in [-0.15, -0.1) is 0 Å². The summed E-state index contributed by atoms with van der Waals surface area (Å²) in [6.45, 7) is 1.74. The van der Waals surface area contributed by atoms with Crippen LogP contribution in [0.2, 0.25) is 0 Å². The van der Waals surface area contributed by atoms with Crippen molar-refractivity contribution in [3.8, 4) is 0 Å². The number of nitrogens with one attached hydrogen (secondary N) is 1. The van der Waals surface area contributed by atoms with Gasteiger partial charge in [0, 0.05) is 12.5 Å². The first-order valence-corrected chi connectivity index (χ1v) is 7.17. The number of H-pyrrole nitrogens is 1. The number of nitrogens with zero attached hydrogens (tertiary/aromatic N) is 2. The molecule has 7 heteroatoms. The van der Waals surface area contributed by atoms with Crippen LogP contribution >= 0.6 is 0 Å². The quantitative estimate of drug-likeness (QED) is 0.426. The molecule has 0 atom stereocenters. The van der Waals surface area contributed by atoms with E-state index in [4.69, 9.17) is 4.42 Å². The molecular weight excluding hydrogens is 313 g/mol. The Morgan fingerprint density at radius 1 is 1.38 bits per heavy atom. The molecule has 0 aliphatic carbocycles. The Bertz CT molecular complexity index is 880. The number of carbonyl (C=O) groups is 1. The summed E-state index contributed by atoms with van der Waals surface area (Å²) in [6.07, 6.45) is 2.68. The molecule has 0 radical (unpaired) electrons. The molecule has 6 nitrogen and oxygen atoms in total. The normalized spacial score (nSPS) is 11.7. The van der Waals surface area contributed by atoms with Crippen LogP contribution in [0.5, 0.6) is 0 Å². The number of hydrogen-bond acceptors (Lipinski definition) is 5. The van der Waals surface area contributed by atoms with Gasteiger partial charge in [0.15, 0.2) is 17.3 Å². The van der Waals surface area contributed by atoms with E-state index in [1.54, 1.807) is 25.1 Å². The summed E-state index contributed by atoms with van der Waals surface area (Å²) >= 11 is 0. The molecule has 0 aliphatic rings. The number of carbonyl (C=O) groups excluding carboxylic acids is 1. The first kappa shape index (κ1) is 15.7. The van der Waals surface area contributed by atoms with Crippen molar-refractivity contribution in [2.75, 3.05) is 0 Å². The molecule has 1 aromatic carbocycles. The van der Waals surface area contributed by atoms with E-state index in [1.165, 1.54) is 18.5 Å². The lowest BCUT2D eigenvalue weighted by molar-refractivity contribution is 0.101. The van der Waals surface area contributed by atoms with Crippen LogP contribution < -0.4 is 0 Å². The van der Waals surface area contributed by atoms with E-state index < -0.39 is 5.78 Å². The van der Waals surface area contributed by atoms with Crippen molar-refractivity contribution in [1.82, 2.24) is 15.2 Å². The molecule has 0 fully saturated rings. The molecule has 2 N–H and O–H groups in total. The second-order valence-electron chi connectivity index (χ2n) is 5.26. The van der Waals surface area contributed by atoms with Gasteiger partial charge in [-0.3, -0.25) is 9.89 Å². The lowest BCUT2D eigenvalue weighted by Gasteiger charge is -1.98. The fourth-order valence-electron chi connectivity index (χ4n) is 2.27. The minimum Gasteiger partial charge on any atom is -0.504 e. The summed E-state index contributed by atoms with van der Waals surface area (Å²) in [6, 6.07) is 7.80. The van der Waals surface area contributed by atoms with Crippen LogP contribution in [-0.4, -0.2) is 26.1 Å². The standard InChI is InChI=1S/C17H14FN3O3/c1-10-6-13(7-11-2-4-12(18)5-3-11)24-16(10)14(22)8-15(23)17-19-9-20-21-17/h2-6,8-9,23H,7H2,1H3,(H,19,20,21). The van der Waals surface area contributed by atoms with Crippen molar-refractivity contribution in [2.24, 2.45) is 0 Å². The third-order valence-corrected chi connectivity index (χ3v) is 3.41. The lowest BCUT2D eigenvalue weighted by Crippen LogP contribution is -1.98. The Hall–Kier alpha value is -3.22. The minimum atomic E-state index is -0.480. The van der Waals surface area contributed by atoms with Gasteiger partial charge in [-0.05, 0) is 36.2 Å². The second kappa shape index (κ2) is 6.49. The average molecular weight is 327 g/mol. The maximum absolute atomic E-state index is 12.9. The summed E-state index contributed by atoms with van der Waals surface area (Å²) in [4.78, 5) is 16.0. The highest BCUT2D eigenvalue weighted by atomic mass is 19.1. The second-order valence-corrected chi connectivity index (χ2v) is 5.26. The highest BCUT2D eigenvalue weighted by molar-refractivity contribution is 6.06. The maximum atomic E-state index is 12.9. The van der Waals surface area contributed by atoms with Gasteiger partial charge in [0.05, 0.1) is 0 Å². The number of ketones is 1. The highest BCUT2D eigenvalue weighted by Gasteiger charge is 2.16. The molecule has 122 valence electrons. The number of aliphatic hydroxyl groups is 1.